The first kappa shape index (κ1) is 16.5. The van der Waals surface area contributed by atoms with E-state index in [1.165, 1.54) is 12.0 Å². The molecule has 0 amide bonds. The average molecular weight is 352 g/mol. The topological polar surface area (TPSA) is 77.0 Å². The molecule has 2 aromatic rings. The van der Waals surface area contributed by atoms with Gasteiger partial charge in [0.25, 0.3) is 0 Å². The molecular weight excluding hydrogens is 324 g/mol. The van der Waals surface area contributed by atoms with Crippen LogP contribution in [0.3, 0.4) is 0 Å². The first-order valence-corrected chi connectivity index (χ1v) is 10.1. The lowest BCUT2D eigenvalue weighted by Crippen LogP contribution is -2.30. The molecule has 5 heteroatoms. The Morgan fingerprint density at radius 3 is 2.62 bits per heavy atom. The van der Waals surface area contributed by atoms with E-state index in [1.54, 1.807) is 0 Å². The molecule has 2 atom stereocenters. The summed E-state index contributed by atoms with van der Waals surface area (Å²) in [5, 5.41) is 8.13. The number of aromatic nitrogens is 2. The molecule has 0 aliphatic heterocycles. The third-order valence-electron chi connectivity index (χ3n) is 6.61. The van der Waals surface area contributed by atoms with E-state index in [-0.39, 0.29) is 5.41 Å². The van der Waals surface area contributed by atoms with Gasteiger partial charge in [-0.1, -0.05) is 35.5 Å². The summed E-state index contributed by atoms with van der Waals surface area (Å²) in [5.41, 5.74) is 7.57. The first-order chi connectivity index (χ1) is 12.7. The Morgan fingerprint density at radius 1 is 1.12 bits per heavy atom. The summed E-state index contributed by atoms with van der Waals surface area (Å²) in [6.07, 6.45) is 7.85. The van der Waals surface area contributed by atoms with Crippen molar-refractivity contribution in [2.24, 2.45) is 5.73 Å². The molecule has 26 heavy (non-hydrogen) atoms. The summed E-state index contributed by atoms with van der Waals surface area (Å²) in [5.74, 6) is 2.84. The van der Waals surface area contributed by atoms with E-state index in [0.29, 0.717) is 23.9 Å². The molecule has 1 aromatic carbocycles. The van der Waals surface area contributed by atoms with Crippen molar-refractivity contribution in [3.05, 3.63) is 47.6 Å². The molecule has 3 fully saturated rings. The summed E-state index contributed by atoms with van der Waals surface area (Å²) >= 11 is 0. The summed E-state index contributed by atoms with van der Waals surface area (Å²) < 4.78 is 5.65. The van der Waals surface area contributed by atoms with Crippen molar-refractivity contribution < 1.29 is 4.52 Å². The number of nitrogens with one attached hydrogen (secondary N) is 1. The van der Waals surface area contributed by atoms with Crippen LogP contribution >= 0.6 is 0 Å². The van der Waals surface area contributed by atoms with Crippen LogP contribution in [0.1, 0.15) is 74.1 Å². The zero-order chi connectivity index (χ0) is 17.6. The van der Waals surface area contributed by atoms with Crippen LogP contribution in [0.2, 0.25) is 0 Å². The number of nitrogens with zero attached hydrogens (tertiary/aromatic N) is 2. The summed E-state index contributed by atoms with van der Waals surface area (Å²) in [6, 6.07) is 11.8. The third-order valence-corrected chi connectivity index (χ3v) is 6.61. The molecular formula is C21H28N4O. The Hall–Kier alpha value is -1.72. The van der Waals surface area contributed by atoms with Gasteiger partial charge in [-0.05, 0) is 50.5 Å². The molecule has 1 unspecified atom stereocenters. The maximum absolute atomic E-state index is 6.01. The van der Waals surface area contributed by atoms with Gasteiger partial charge in [0.1, 0.15) is 0 Å². The van der Waals surface area contributed by atoms with E-state index in [0.717, 1.165) is 56.8 Å². The van der Waals surface area contributed by atoms with Crippen molar-refractivity contribution in [1.29, 1.82) is 0 Å². The second kappa shape index (κ2) is 6.46. The molecule has 0 radical (unpaired) electrons. The summed E-state index contributed by atoms with van der Waals surface area (Å²) in [4.78, 5) is 4.81. The van der Waals surface area contributed by atoms with E-state index >= 15 is 0 Å². The van der Waals surface area contributed by atoms with Crippen molar-refractivity contribution in [2.75, 3.05) is 6.54 Å². The normalized spacial score (nSPS) is 32.3. The molecule has 3 saturated carbocycles. The van der Waals surface area contributed by atoms with E-state index in [1.807, 2.05) is 0 Å². The minimum Gasteiger partial charge on any atom is -0.339 e. The van der Waals surface area contributed by atoms with Gasteiger partial charge in [0.15, 0.2) is 5.82 Å². The Bertz CT molecular complexity index is 746. The van der Waals surface area contributed by atoms with Gasteiger partial charge in [0.2, 0.25) is 5.89 Å². The number of rotatable bonds is 6. The molecule has 3 aliphatic rings. The van der Waals surface area contributed by atoms with E-state index in [4.69, 9.17) is 15.2 Å². The molecule has 1 aromatic heterocycles. The highest BCUT2D eigenvalue weighted by molar-refractivity contribution is 5.28. The highest BCUT2D eigenvalue weighted by atomic mass is 16.5. The second-order valence-electron chi connectivity index (χ2n) is 8.59. The van der Waals surface area contributed by atoms with Gasteiger partial charge in [0, 0.05) is 35.9 Å². The van der Waals surface area contributed by atoms with E-state index < -0.39 is 0 Å². The minimum absolute atomic E-state index is 0.108. The number of hydrogen-bond acceptors (Lipinski definition) is 5. The third kappa shape index (κ3) is 3.19. The number of nitrogens with two attached hydrogens (primary N) is 1. The molecule has 3 aliphatic carbocycles. The molecule has 0 spiro atoms. The van der Waals surface area contributed by atoms with Crippen LogP contribution in [0.4, 0.5) is 0 Å². The molecule has 5 nitrogen and oxygen atoms in total. The van der Waals surface area contributed by atoms with Crippen LogP contribution in [0, 0.1) is 0 Å². The van der Waals surface area contributed by atoms with Crippen LogP contribution in [0.25, 0.3) is 0 Å². The van der Waals surface area contributed by atoms with Crippen LogP contribution < -0.4 is 11.1 Å². The molecule has 3 N–H and O–H groups in total. The average Bonchev–Trinajstić information content (AvgIpc) is 3.59. The standard InChI is InChI=1S/C21H28N4O/c22-16-8-6-15(7-9-16)19-24-20(25-26-19)21(10-11-21)13-23-18-12-17(18)14-4-2-1-3-5-14/h1-5,15-18,23H,6-13,22H2/t15?,16?,17?,18-/m0/s1. The van der Waals surface area contributed by atoms with Crippen LogP contribution in [0.15, 0.2) is 34.9 Å². The van der Waals surface area contributed by atoms with Crippen molar-refractivity contribution in [1.82, 2.24) is 15.5 Å². The van der Waals surface area contributed by atoms with Crippen molar-refractivity contribution in [3.63, 3.8) is 0 Å². The van der Waals surface area contributed by atoms with Crippen LogP contribution in [-0.2, 0) is 5.41 Å². The van der Waals surface area contributed by atoms with E-state index in [2.05, 4.69) is 40.8 Å². The quantitative estimate of drug-likeness (QED) is 0.835. The lowest BCUT2D eigenvalue weighted by atomic mass is 9.86. The van der Waals surface area contributed by atoms with Crippen molar-refractivity contribution >= 4 is 0 Å². The Kier molecular flexibility index (Phi) is 4.09. The van der Waals surface area contributed by atoms with Gasteiger partial charge >= 0.3 is 0 Å². The fraction of sp³-hybridized carbons (Fsp3) is 0.619. The van der Waals surface area contributed by atoms with Gasteiger partial charge < -0.3 is 15.6 Å². The number of hydrogen-bond donors (Lipinski definition) is 2. The SMILES string of the molecule is NC1CCC(c2nc(C3(CN[C@H]4CC4c4ccccc4)CC3)no2)CC1. The fourth-order valence-corrected chi connectivity index (χ4v) is 4.43. The smallest absolute Gasteiger partial charge is 0.229 e. The predicted molar refractivity (Wildman–Crippen MR) is 100.0 cm³/mol. The maximum Gasteiger partial charge on any atom is 0.229 e. The monoisotopic (exact) mass is 352 g/mol. The molecule has 0 bridgehead atoms. The Balaban J connectivity index is 1.18. The van der Waals surface area contributed by atoms with Gasteiger partial charge in [-0.3, -0.25) is 0 Å². The zero-order valence-electron chi connectivity index (χ0n) is 15.2. The first-order valence-electron chi connectivity index (χ1n) is 10.1. The lowest BCUT2D eigenvalue weighted by molar-refractivity contribution is 0.298. The number of benzene rings is 1. The minimum atomic E-state index is 0.108. The van der Waals surface area contributed by atoms with Crippen LogP contribution in [0.5, 0.6) is 0 Å². The summed E-state index contributed by atoms with van der Waals surface area (Å²) in [7, 11) is 0. The highest BCUT2D eigenvalue weighted by Crippen LogP contribution is 2.48. The Labute approximate surface area is 154 Å². The highest BCUT2D eigenvalue weighted by Gasteiger charge is 2.50. The zero-order valence-corrected chi connectivity index (χ0v) is 15.2. The lowest BCUT2D eigenvalue weighted by Gasteiger charge is -2.23. The Morgan fingerprint density at radius 2 is 1.88 bits per heavy atom. The second-order valence-corrected chi connectivity index (χ2v) is 8.59. The largest absolute Gasteiger partial charge is 0.339 e. The molecule has 1 heterocycles. The van der Waals surface area contributed by atoms with Crippen molar-refractivity contribution in [2.45, 2.75) is 74.3 Å². The van der Waals surface area contributed by atoms with Crippen LogP contribution in [-0.4, -0.2) is 28.8 Å². The van der Waals surface area contributed by atoms with E-state index in [9.17, 15) is 0 Å². The molecule has 5 rings (SSSR count). The van der Waals surface area contributed by atoms with Gasteiger partial charge in [-0.15, -0.1) is 0 Å². The predicted octanol–water partition coefficient (Wildman–Crippen LogP) is 3.23. The molecule has 0 saturated heterocycles. The van der Waals surface area contributed by atoms with Gasteiger partial charge in [0.05, 0.1) is 0 Å². The maximum atomic E-state index is 6.01. The van der Waals surface area contributed by atoms with Gasteiger partial charge in [-0.2, -0.15) is 4.98 Å². The molecule has 138 valence electrons. The van der Waals surface area contributed by atoms with Crippen molar-refractivity contribution in [3.8, 4) is 0 Å². The summed E-state index contributed by atoms with van der Waals surface area (Å²) in [6.45, 7) is 0.968. The van der Waals surface area contributed by atoms with Gasteiger partial charge in [-0.25, -0.2) is 0 Å². The fourth-order valence-electron chi connectivity index (χ4n) is 4.43.